The van der Waals surface area contributed by atoms with Crippen molar-refractivity contribution in [3.63, 3.8) is 0 Å². The van der Waals surface area contributed by atoms with Crippen molar-refractivity contribution in [2.24, 2.45) is 0 Å². The molecule has 0 atom stereocenters. The molecule has 0 aromatic heterocycles. The van der Waals surface area contributed by atoms with E-state index in [1.165, 1.54) is 51.4 Å². The maximum Gasteiger partial charge on any atom is 1.00 e. The van der Waals surface area contributed by atoms with Gasteiger partial charge < -0.3 is 26.7 Å². The minimum absolute atomic E-state index is 0. The van der Waals surface area contributed by atoms with Crippen LogP contribution >= 0.6 is 0 Å². The average Bonchev–Trinajstić information content (AvgIpc) is 2.27. The Bertz CT molecular complexity index is 197. The summed E-state index contributed by atoms with van der Waals surface area (Å²) in [4.78, 5) is 18.6. The normalized spacial score (nSPS) is 8.10. The molecule has 0 saturated heterocycles. The summed E-state index contributed by atoms with van der Waals surface area (Å²) in [5.41, 5.74) is 0. The first-order chi connectivity index (χ1) is 8.54. The molecule has 0 amide bonds. The largest absolute Gasteiger partial charge is 1.00 e. The minimum Gasteiger partial charge on any atom is -0.550 e. The van der Waals surface area contributed by atoms with Crippen LogP contribution in [0.4, 0.5) is 0 Å². The van der Waals surface area contributed by atoms with Crippen LogP contribution in [0, 0.1) is 6.92 Å². The van der Waals surface area contributed by atoms with E-state index in [9.17, 15) is 19.8 Å². The van der Waals surface area contributed by atoms with E-state index in [0.717, 1.165) is 6.42 Å². The maximum absolute atomic E-state index is 9.28. The predicted molar refractivity (Wildman–Crippen MR) is 67.2 cm³/mol. The standard InChI is InChI=1S/C11H23.C3H4O4.2K.Li/c1-3-5-7-9-11-10-8-6-4-2;4-2(5)1-3(6)7;;;/h1,3-11H2,2H3;1H2,(H,4,5)(H,6,7);;;/q-1;;3*+1/p-2. The quantitative estimate of drug-likeness (QED) is 0.171. The minimum atomic E-state index is -1.63. The Kier molecular flexibility index (Phi) is 51.1. The number of carbonyl (C=O) groups excluding carboxylic acids is 2. The van der Waals surface area contributed by atoms with Crippen LogP contribution in [0.15, 0.2) is 0 Å². The molecular formula is C14H25K2LiO4. The van der Waals surface area contributed by atoms with E-state index in [1.54, 1.807) is 0 Å². The fraction of sp³-hybridized carbons (Fsp3) is 0.786. The monoisotopic (exact) mass is 342 g/mol. The van der Waals surface area contributed by atoms with Crippen LogP contribution in [0.1, 0.15) is 71.1 Å². The van der Waals surface area contributed by atoms with E-state index in [2.05, 4.69) is 13.8 Å². The molecule has 0 aliphatic rings. The van der Waals surface area contributed by atoms with Crippen molar-refractivity contribution in [2.75, 3.05) is 0 Å². The molecule has 0 unspecified atom stereocenters. The van der Waals surface area contributed by atoms with Gasteiger partial charge in [-0.25, -0.2) is 0 Å². The van der Waals surface area contributed by atoms with Crippen molar-refractivity contribution in [1.82, 2.24) is 0 Å². The summed E-state index contributed by atoms with van der Waals surface area (Å²) < 4.78 is 0. The number of carboxylic acid groups (broad SMARTS) is 2. The van der Waals surface area contributed by atoms with Gasteiger partial charge >= 0.3 is 122 Å². The number of hydrogen-bond acceptors (Lipinski definition) is 4. The number of hydrogen-bond donors (Lipinski definition) is 0. The van der Waals surface area contributed by atoms with Crippen LogP contribution in [0.3, 0.4) is 0 Å². The fourth-order valence-electron chi connectivity index (χ4n) is 1.43. The van der Waals surface area contributed by atoms with Crippen molar-refractivity contribution in [3.8, 4) is 0 Å². The average molecular weight is 342 g/mol. The molecule has 21 heavy (non-hydrogen) atoms. The fourth-order valence-corrected chi connectivity index (χ4v) is 1.43. The molecule has 0 aliphatic heterocycles. The molecule has 0 N–H and O–H groups in total. The van der Waals surface area contributed by atoms with Gasteiger partial charge in [0.2, 0.25) is 0 Å². The van der Waals surface area contributed by atoms with Gasteiger partial charge in [-0.1, -0.05) is 58.3 Å². The third kappa shape index (κ3) is 45.0. The Morgan fingerprint density at radius 2 is 1.14 bits per heavy atom. The second-order valence-corrected chi connectivity index (χ2v) is 4.25. The number of unbranched alkanes of at least 4 members (excludes halogenated alkanes) is 8. The van der Waals surface area contributed by atoms with Gasteiger partial charge in [0.05, 0.1) is 0 Å². The van der Waals surface area contributed by atoms with Crippen LogP contribution in [-0.2, 0) is 9.59 Å². The zero-order valence-electron chi connectivity index (χ0n) is 14.4. The second kappa shape index (κ2) is 30.7. The molecule has 0 fully saturated rings. The molecule has 0 aromatic carbocycles. The zero-order chi connectivity index (χ0) is 14.2. The van der Waals surface area contributed by atoms with E-state index in [-0.39, 0.29) is 122 Å². The topological polar surface area (TPSA) is 80.3 Å². The van der Waals surface area contributed by atoms with Gasteiger partial charge in [-0.2, -0.15) is 6.42 Å². The van der Waals surface area contributed by atoms with Gasteiger partial charge in [0, 0.05) is 18.4 Å². The summed E-state index contributed by atoms with van der Waals surface area (Å²) in [6.07, 6.45) is 11.4. The van der Waals surface area contributed by atoms with Gasteiger partial charge in [0.1, 0.15) is 0 Å². The van der Waals surface area contributed by atoms with Crippen LogP contribution in [0.2, 0.25) is 0 Å². The van der Waals surface area contributed by atoms with Crippen LogP contribution in [0.5, 0.6) is 0 Å². The molecule has 0 saturated carbocycles. The van der Waals surface area contributed by atoms with Crippen molar-refractivity contribution in [2.45, 2.75) is 71.1 Å². The molecule has 0 radical (unpaired) electrons. The van der Waals surface area contributed by atoms with Gasteiger partial charge in [0.15, 0.2) is 0 Å². The summed E-state index contributed by atoms with van der Waals surface area (Å²) in [5.74, 6) is -3.25. The Labute approximate surface area is 227 Å². The zero-order valence-corrected chi connectivity index (χ0v) is 20.7. The van der Waals surface area contributed by atoms with Crippen molar-refractivity contribution in [3.05, 3.63) is 6.92 Å². The van der Waals surface area contributed by atoms with Crippen LogP contribution in [-0.4, -0.2) is 11.9 Å². The first kappa shape index (κ1) is 35.0. The molecule has 0 spiro atoms. The molecule has 108 valence electrons. The molecule has 0 heterocycles. The SMILES string of the molecule is O=C([O-])CC(=O)[O-].[CH2-]CCCCCCCCCC.[K+].[K+].[Li+]. The molecule has 0 aliphatic carbocycles. The summed E-state index contributed by atoms with van der Waals surface area (Å²) >= 11 is 0. The van der Waals surface area contributed by atoms with Gasteiger partial charge in [-0.05, 0) is 0 Å². The predicted octanol–water partition coefficient (Wildman–Crippen LogP) is -7.76. The van der Waals surface area contributed by atoms with Crippen molar-refractivity contribution < 1.29 is 141 Å². The maximum atomic E-state index is 9.28. The van der Waals surface area contributed by atoms with Crippen molar-refractivity contribution >= 4 is 11.9 Å². The summed E-state index contributed by atoms with van der Waals surface area (Å²) in [6.45, 7) is 6.10. The number of rotatable bonds is 10. The number of aliphatic carboxylic acids is 2. The van der Waals surface area contributed by atoms with Crippen molar-refractivity contribution in [1.29, 1.82) is 0 Å². The molecule has 4 nitrogen and oxygen atoms in total. The Morgan fingerprint density at radius 1 is 0.810 bits per heavy atom. The third-order valence-electron chi connectivity index (χ3n) is 2.39. The van der Waals surface area contributed by atoms with E-state index >= 15 is 0 Å². The van der Waals surface area contributed by atoms with E-state index in [0.29, 0.717) is 0 Å². The number of carboxylic acids is 2. The molecule has 0 aromatic rings. The van der Waals surface area contributed by atoms with Crippen LogP contribution in [0.25, 0.3) is 0 Å². The van der Waals surface area contributed by atoms with E-state index in [4.69, 9.17) is 0 Å². The van der Waals surface area contributed by atoms with E-state index in [1.807, 2.05) is 0 Å². The first-order valence-electron chi connectivity index (χ1n) is 6.73. The third-order valence-corrected chi connectivity index (χ3v) is 2.39. The molecule has 0 rings (SSSR count). The number of carbonyl (C=O) groups is 2. The Morgan fingerprint density at radius 3 is 1.38 bits per heavy atom. The van der Waals surface area contributed by atoms with E-state index < -0.39 is 18.4 Å². The first-order valence-corrected chi connectivity index (χ1v) is 6.73. The second-order valence-electron chi connectivity index (χ2n) is 4.25. The van der Waals surface area contributed by atoms with Gasteiger partial charge in [-0.15, -0.1) is 0 Å². The Hall–Kier alpha value is 2.81. The summed E-state index contributed by atoms with van der Waals surface area (Å²) in [6, 6.07) is 0. The summed E-state index contributed by atoms with van der Waals surface area (Å²) in [7, 11) is 0. The summed E-state index contributed by atoms with van der Waals surface area (Å²) in [5, 5.41) is 18.6. The molecule has 7 heteroatoms. The van der Waals surface area contributed by atoms with Gasteiger partial charge in [-0.3, -0.25) is 0 Å². The smallest absolute Gasteiger partial charge is 0.550 e. The Balaban J connectivity index is -0.0000000762. The molecule has 0 bridgehead atoms. The van der Waals surface area contributed by atoms with Gasteiger partial charge in [0.25, 0.3) is 0 Å². The molecular weight excluding hydrogens is 317 g/mol. The van der Waals surface area contributed by atoms with Crippen LogP contribution < -0.4 is 132 Å².